The van der Waals surface area contributed by atoms with E-state index in [1.54, 1.807) is 29.3 Å². The molecule has 1 fully saturated rings. The molecule has 0 N–H and O–H groups in total. The molecule has 8 nitrogen and oxygen atoms in total. The first-order chi connectivity index (χ1) is 11.7. The summed E-state index contributed by atoms with van der Waals surface area (Å²) in [6.07, 6.45) is 1.74. The minimum absolute atomic E-state index is 0.00585. The van der Waals surface area contributed by atoms with Gasteiger partial charge in [-0.3, -0.25) is 9.36 Å². The molecule has 24 heavy (non-hydrogen) atoms. The number of hydrogen-bond donors (Lipinski definition) is 0. The number of anilines is 1. The van der Waals surface area contributed by atoms with Crippen LogP contribution in [0.2, 0.25) is 0 Å². The van der Waals surface area contributed by atoms with Gasteiger partial charge in [-0.15, -0.1) is 0 Å². The number of rotatable bonds is 3. The zero-order valence-corrected chi connectivity index (χ0v) is 13.6. The summed E-state index contributed by atoms with van der Waals surface area (Å²) >= 11 is 1.18. The number of amides is 1. The number of aromatic nitrogens is 3. The number of carbonyl (C=O) groups is 1. The van der Waals surface area contributed by atoms with Gasteiger partial charge in [0.1, 0.15) is 6.54 Å². The highest BCUT2D eigenvalue weighted by Crippen LogP contribution is 2.15. The quantitative estimate of drug-likeness (QED) is 0.698. The number of para-hydroxylation sites is 2. The standard InChI is InChI=1S/C15H15N5O3S/c21-14(10-20-11-3-1-2-4-12(11)23-15(20)22)19-7-5-18(6-8-19)13-9-16-24-17-13/h1-4,9H,5-8,10H2. The van der Waals surface area contributed by atoms with Crippen LogP contribution in [0.1, 0.15) is 0 Å². The van der Waals surface area contributed by atoms with Crippen LogP contribution in [-0.2, 0) is 11.3 Å². The molecular formula is C15H15N5O3S. The molecule has 1 saturated heterocycles. The van der Waals surface area contributed by atoms with Crippen molar-refractivity contribution >= 4 is 34.6 Å². The first-order valence-corrected chi connectivity index (χ1v) is 8.34. The van der Waals surface area contributed by atoms with Crippen LogP contribution in [0.15, 0.2) is 39.7 Å². The minimum Gasteiger partial charge on any atom is -0.408 e. The van der Waals surface area contributed by atoms with E-state index >= 15 is 0 Å². The van der Waals surface area contributed by atoms with Crippen molar-refractivity contribution in [3.8, 4) is 0 Å². The Morgan fingerprint density at radius 3 is 2.75 bits per heavy atom. The predicted molar refractivity (Wildman–Crippen MR) is 89.2 cm³/mol. The number of fused-ring (bicyclic) bond motifs is 1. The molecule has 3 aromatic rings. The predicted octanol–water partition coefficient (Wildman–Crippen LogP) is 0.795. The van der Waals surface area contributed by atoms with Crippen molar-refractivity contribution in [3.05, 3.63) is 41.0 Å². The maximum absolute atomic E-state index is 12.5. The molecule has 2 aromatic heterocycles. The molecule has 1 aromatic carbocycles. The molecule has 0 atom stereocenters. The third-order valence-electron chi connectivity index (χ3n) is 4.17. The lowest BCUT2D eigenvalue weighted by Crippen LogP contribution is -2.50. The molecule has 9 heteroatoms. The lowest BCUT2D eigenvalue weighted by Gasteiger charge is -2.34. The van der Waals surface area contributed by atoms with Gasteiger partial charge in [0.2, 0.25) is 5.91 Å². The topological polar surface area (TPSA) is 84.5 Å². The van der Waals surface area contributed by atoms with Crippen LogP contribution in [0.5, 0.6) is 0 Å². The van der Waals surface area contributed by atoms with Crippen LogP contribution in [0.3, 0.4) is 0 Å². The van der Waals surface area contributed by atoms with Crippen LogP contribution in [0.25, 0.3) is 11.1 Å². The Balaban J connectivity index is 1.45. The van der Waals surface area contributed by atoms with E-state index in [0.717, 1.165) is 5.82 Å². The summed E-state index contributed by atoms with van der Waals surface area (Å²) in [5.41, 5.74) is 1.14. The van der Waals surface area contributed by atoms with Crippen molar-refractivity contribution in [1.82, 2.24) is 18.2 Å². The number of oxazole rings is 1. The summed E-state index contributed by atoms with van der Waals surface area (Å²) in [4.78, 5) is 28.4. The van der Waals surface area contributed by atoms with Crippen molar-refractivity contribution in [2.75, 3.05) is 31.1 Å². The zero-order chi connectivity index (χ0) is 16.5. The van der Waals surface area contributed by atoms with Crippen LogP contribution in [0.4, 0.5) is 5.82 Å². The van der Waals surface area contributed by atoms with Gasteiger partial charge >= 0.3 is 5.76 Å². The summed E-state index contributed by atoms with van der Waals surface area (Å²) < 4.78 is 14.8. The van der Waals surface area contributed by atoms with E-state index in [-0.39, 0.29) is 12.5 Å². The molecule has 1 amide bonds. The summed E-state index contributed by atoms with van der Waals surface area (Å²) in [5.74, 6) is 0.264. The SMILES string of the molecule is O=C(Cn1c(=O)oc2ccccc21)N1CCN(c2cnsn2)CC1. The number of piperazine rings is 1. The Labute approximate surface area is 141 Å². The van der Waals surface area contributed by atoms with Gasteiger partial charge in [-0.05, 0) is 12.1 Å². The zero-order valence-electron chi connectivity index (χ0n) is 12.8. The maximum atomic E-state index is 12.5. The second kappa shape index (κ2) is 6.08. The Morgan fingerprint density at radius 2 is 2.00 bits per heavy atom. The third-order valence-corrected chi connectivity index (χ3v) is 4.64. The number of carbonyl (C=O) groups excluding carboxylic acids is 1. The molecular weight excluding hydrogens is 330 g/mol. The highest BCUT2D eigenvalue weighted by molar-refractivity contribution is 6.99. The molecule has 4 rings (SSSR count). The Kier molecular flexibility index (Phi) is 3.77. The first-order valence-electron chi connectivity index (χ1n) is 7.61. The first kappa shape index (κ1) is 14.9. The van der Waals surface area contributed by atoms with Gasteiger partial charge in [-0.1, -0.05) is 12.1 Å². The van der Waals surface area contributed by atoms with E-state index in [9.17, 15) is 9.59 Å². The molecule has 0 aliphatic carbocycles. The van der Waals surface area contributed by atoms with Gasteiger partial charge in [0.05, 0.1) is 23.4 Å². The fourth-order valence-electron chi connectivity index (χ4n) is 2.88. The van der Waals surface area contributed by atoms with Crippen LogP contribution >= 0.6 is 11.7 Å². The van der Waals surface area contributed by atoms with Gasteiger partial charge in [-0.2, -0.15) is 8.75 Å². The number of hydrogen-bond acceptors (Lipinski definition) is 7. The molecule has 3 heterocycles. The van der Waals surface area contributed by atoms with E-state index in [1.165, 1.54) is 16.3 Å². The molecule has 1 aliphatic heterocycles. The second-order valence-electron chi connectivity index (χ2n) is 5.56. The number of nitrogens with zero attached hydrogens (tertiary/aromatic N) is 5. The largest absolute Gasteiger partial charge is 0.420 e. The van der Waals surface area contributed by atoms with Crippen LogP contribution in [0, 0.1) is 0 Å². The van der Waals surface area contributed by atoms with E-state index < -0.39 is 5.76 Å². The van der Waals surface area contributed by atoms with Gasteiger partial charge in [-0.25, -0.2) is 4.79 Å². The van der Waals surface area contributed by atoms with Crippen molar-refractivity contribution in [2.45, 2.75) is 6.54 Å². The summed E-state index contributed by atoms with van der Waals surface area (Å²) in [5, 5.41) is 0. The average molecular weight is 345 g/mol. The smallest absolute Gasteiger partial charge is 0.408 e. The molecule has 0 bridgehead atoms. The second-order valence-corrected chi connectivity index (χ2v) is 6.11. The number of benzene rings is 1. The lowest BCUT2D eigenvalue weighted by atomic mass is 10.3. The molecule has 0 saturated carbocycles. The summed E-state index contributed by atoms with van der Waals surface area (Å²) in [6, 6.07) is 7.11. The molecule has 0 radical (unpaired) electrons. The summed E-state index contributed by atoms with van der Waals surface area (Å²) in [7, 11) is 0. The lowest BCUT2D eigenvalue weighted by molar-refractivity contribution is -0.132. The maximum Gasteiger partial charge on any atom is 0.420 e. The third kappa shape index (κ3) is 2.67. The highest BCUT2D eigenvalue weighted by Gasteiger charge is 2.23. The average Bonchev–Trinajstić information content (AvgIpc) is 3.24. The van der Waals surface area contributed by atoms with Crippen molar-refractivity contribution < 1.29 is 9.21 Å². The normalized spacial score (nSPS) is 15.2. The van der Waals surface area contributed by atoms with Crippen molar-refractivity contribution in [2.24, 2.45) is 0 Å². The minimum atomic E-state index is -0.503. The van der Waals surface area contributed by atoms with E-state index in [0.29, 0.717) is 37.3 Å². The van der Waals surface area contributed by atoms with Gasteiger partial charge < -0.3 is 14.2 Å². The van der Waals surface area contributed by atoms with Crippen LogP contribution in [-0.4, -0.2) is 50.3 Å². The molecule has 0 spiro atoms. The molecule has 1 aliphatic rings. The fraction of sp³-hybridized carbons (Fsp3) is 0.333. The molecule has 124 valence electrons. The van der Waals surface area contributed by atoms with Gasteiger partial charge in [0, 0.05) is 26.2 Å². The summed E-state index contributed by atoms with van der Waals surface area (Å²) in [6.45, 7) is 2.60. The Bertz CT molecular complexity index is 909. The highest BCUT2D eigenvalue weighted by atomic mass is 32.1. The van der Waals surface area contributed by atoms with Gasteiger partial charge in [0.15, 0.2) is 11.4 Å². The van der Waals surface area contributed by atoms with Crippen LogP contribution < -0.4 is 10.7 Å². The van der Waals surface area contributed by atoms with E-state index in [1.807, 2.05) is 6.07 Å². The Hall–Kier alpha value is -2.68. The molecule has 0 unspecified atom stereocenters. The fourth-order valence-corrected chi connectivity index (χ4v) is 3.32. The Morgan fingerprint density at radius 1 is 1.21 bits per heavy atom. The van der Waals surface area contributed by atoms with Crippen molar-refractivity contribution in [3.63, 3.8) is 0 Å². The van der Waals surface area contributed by atoms with E-state index in [2.05, 4.69) is 13.6 Å². The van der Waals surface area contributed by atoms with Crippen molar-refractivity contribution in [1.29, 1.82) is 0 Å². The van der Waals surface area contributed by atoms with Gasteiger partial charge in [0.25, 0.3) is 0 Å². The van der Waals surface area contributed by atoms with E-state index in [4.69, 9.17) is 4.42 Å². The monoisotopic (exact) mass is 345 g/mol.